The highest BCUT2D eigenvalue weighted by Gasteiger charge is 2.23. The maximum Gasteiger partial charge on any atom is 0.235 e. The molecule has 5 nitrogen and oxygen atoms in total. The van der Waals surface area contributed by atoms with Gasteiger partial charge in [0.25, 0.3) is 0 Å². The van der Waals surface area contributed by atoms with Gasteiger partial charge < -0.3 is 5.32 Å². The van der Waals surface area contributed by atoms with Crippen molar-refractivity contribution in [1.29, 1.82) is 0 Å². The number of sulfonamides is 1. The van der Waals surface area contributed by atoms with Crippen LogP contribution in [0.5, 0.6) is 0 Å². The molecular weight excluding hydrogens is 240 g/mol. The van der Waals surface area contributed by atoms with Crippen LogP contribution >= 0.6 is 11.6 Å². The molecule has 0 unspecified atom stereocenters. The zero-order valence-electron chi connectivity index (χ0n) is 8.33. The molecule has 1 fully saturated rings. The van der Waals surface area contributed by atoms with Crippen molar-refractivity contribution in [3.05, 3.63) is 0 Å². The van der Waals surface area contributed by atoms with Gasteiger partial charge in [0.2, 0.25) is 15.9 Å². The quantitative estimate of drug-likeness (QED) is 0.619. The lowest BCUT2D eigenvalue weighted by atomic mass is 10.5. The number of alkyl halides is 1. The first-order valence-electron chi connectivity index (χ1n) is 4.86. The van der Waals surface area contributed by atoms with E-state index in [1.807, 2.05) is 0 Å². The van der Waals surface area contributed by atoms with Gasteiger partial charge in [-0.2, -0.15) is 0 Å². The average Bonchev–Trinajstić information content (AvgIpc) is 2.96. The maximum absolute atomic E-state index is 11.2. The van der Waals surface area contributed by atoms with Crippen molar-refractivity contribution in [2.24, 2.45) is 0 Å². The molecule has 1 aliphatic carbocycles. The first-order chi connectivity index (χ1) is 7.03. The van der Waals surface area contributed by atoms with E-state index in [-0.39, 0.29) is 24.2 Å². The number of amides is 1. The van der Waals surface area contributed by atoms with Crippen LogP contribution in [0, 0.1) is 0 Å². The average molecular weight is 255 g/mol. The summed E-state index contributed by atoms with van der Waals surface area (Å²) in [6.07, 6.45) is 2.37. The van der Waals surface area contributed by atoms with Gasteiger partial charge in [-0.05, 0) is 19.3 Å². The smallest absolute Gasteiger partial charge is 0.235 e. The van der Waals surface area contributed by atoms with Crippen molar-refractivity contribution in [3.63, 3.8) is 0 Å². The molecule has 0 saturated heterocycles. The van der Waals surface area contributed by atoms with Crippen molar-refractivity contribution >= 4 is 27.5 Å². The summed E-state index contributed by atoms with van der Waals surface area (Å²) in [6, 6.07) is 0.254. The van der Waals surface area contributed by atoms with E-state index in [1.165, 1.54) is 0 Å². The summed E-state index contributed by atoms with van der Waals surface area (Å²) >= 11 is 5.38. The minimum absolute atomic E-state index is 0.0345. The summed E-state index contributed by atoms with van der Waals surface area (Å²) in [6.45, 7) is -0.179. The molecule has 2 N–H and O–H groups in total. The third-order valence-corrected chi connectivity index (χ3v) is 3.62. The SMILES string of the molecule is O=C(CNS(=O)(=O)CCCCl)NC1CC1. The molecule has 0 aromatic rings. The Balaban J connectivity index is 2.18. The molecule has 1 saturated carbocycles. The standard InChI is InChI=1S/C8H15ClN2O3S/c9-4-1-5-15(13,14)10-6-8(12)11-7-2-3-7/h7,10H,1-6H2,(H,11,12). The van der Waals surface area contributed by atoms with Crippen LogP contribution in [0.1, 0.15) is 19.3 Å². The predicted octanol–water partition coefficient (Wildman–Crippen LogP) is -0.187. The van der Waals surface area contributed by atoms with Gasteiger partial charge in [-0.25, -0.2) is 13.1 Å². The Morgan fingerprint density at radius 2 is 2.07 bits per heavy atom. The highest BCUT2D eigenvalue weighted by atomic mass is 35.5. The molecule has 0 spiro atoms. The molecule has 0 aromatic carbocycles. The van der Waals surface area contributed by atoms with Gasteiger partial charge in [0, 0.05) is 11.9 Å². The first-order valence-corrected chi connectivity index (χ1v) is 7.05. The largest absolute Gasteiger partial charge is 0.352 e. The monoisotopic (exact) mass is 254 g/mol. The summed E-state index contributed by atoms with van der Waals surface area (Å²) < 4.78 is 24.7. The maximum atomic E-state index is 11.2. The minimum Gasteiger partial charge on any atom is -0.352 e. The third kappa shape index (κ3) is 5.96. The highest BCUT2D eigenvalue weighted by molar-refractivity contribution is 7.89. The van der Waals surface area contributed by atoms with E-state index in [2.05, 4.69) is 10.0 Å². The Labute approximate surface area is 94.6 Å². The van der Waals surface area contributed by atoms with Gasteiger partial charge in [0.1, 0.15) is 0 Å². The molecule has 0 aromatic heterocycles. The lowest BCUT2D eigenvalue weighted by Gasteiger charge is -2.06. The number of nitrogens with one attached hydrogen (secondary N) is 2. The van der Waals surface area contributed by atoms with Crippen LogP contribution in [0.2, 0.25) is 0 Å². The Morgan fingerprint density at radius 1 is 1.40 bits per heavy atom. The molecule has 0 aliphatic heterocycles. The predicted molar refractivity (Wildman–Crippen MR) is 58.3 cm³/mol. The van der Waals surface area contributed by atoms with Gasteiger partial charge in [-0.15, -0.1) is 11.6 Å². The number of rotatable bonds is 7. The number of hydrogen-bond donors (Lipinski definition) is 2. The van der Waals surface area contributed by atoms with Gasteiger partial charge in [0.05, 0.1) is 12.3 Å². The fourth-order valence-electron chi connectivity index (χ4n) is 0.999. The topological polar surface area (TPSA) is 75.3 Å². The molecule has 7 heteroatoms. The Morgan fingerprint density at radius 3 is 2.60 bits per heavy atom. The lowest BCUT2D eigenvalue weighted by Crippen LogP contribution is -2.38. The van der Waals surface area contributed by atoms with E-state index in [1.54, 1.807) is 0 Å². The van der Waals surface area contributed by atoms with E-state index in [0.29, 0.717) is 12.3 Å². The van der Waals surface area contributed by atoms with Crippen LogP contribution in [0.15, 0.2) is 0 Å². The first kappa shape index (κ1) is 12.7. The second-order valence-corrected chi connectivity index (χ2v) is 5.83. The van der Waals surface area contributed by atoms with Crippen molar-refractivity contribution < 1.29 is 13.2 Å². The van der Waals surface area contributed by atoms with Crippen LogP contribution in [-0.2, 0) is 14.8 Å². The molecule has 0 bridgehead atoms. The number of halogens is 1. The van der Waals surface area contributed by atoms with E-state index >= 15 is 0 Å². The molecular formula is C8H15ClN2O3S. The molecule has 15 heavy (non-hydrogen) atoms. The normalized spacial score (nSPS) is 16.3. The van der Waals surface area contributed by atoms with Crippen molar-refractivity contribution in [3.8, 4) is 0 Å². The molecule has 0 atom stereocenters. The van der Waals surface area contributed by atoms with Crippen LogP contribution in [0.25, 0.3) is 0 Å². The third-order valence-electron chi connectivity index (χ3n) is 1.94. The fourth-order valence-corrected chi connectivity index (χ4v) is 2.31. The number of carbonyl (C=O) groups is 1. The van der Waals surface area contributed by atoms with Gasteiger partial charge in [0.15, 0.2) is 0 Å². The van der Waals surface area contributed by atoms with Crippen molar-refractivity contribution in [2.45, 2.75) is 25.3 Å². The Bertz CT molecular complexity index is 314. The van der Waals surface area contributed by atoms with E-state index in [9.17, 15) is 13.2 Å². The minimum atomic E-state index is -3.35. The zero-order valence-corrected chi connectivity index (χ0v) is 9.90. The molecule has 1 amide bonds. The van der Waals surface area contributed by atoms with E-state index < -0.39 is 10.0 Å². The summed E-state index contributed by atoms with van der Waals surface area (Å²) in [4.78, 5) is 11.1. The zero-order chi connectivity index (χ0) is 11.3. The number of hydrogen-bond acceptors (Lipinski definition) is 3. The van der Waals surface area contributed by atoms with Gasteiger partial charge >= 0.3 is 0 Å². The van der Waals surface area contributed by atoms with Crippen molar-refractivity contribution in [1.82, 2.24) is 10.0 Å². The second kappa shape index (κ2) is 5.67. The van der Waals surface area contributed by atoms with E-state index in [0.717, 1.165) is 12.8 Å². The summed E-state index contributed by atoms with van der Waals surface area (Å²) in [5.74, 6) is -0.00509. The van der Waals surface area contributed by atoms with Crippen LogP contribution < -0.4 is 10.0 Å². The van der Waals surface area contributed by atoms with Crippen molar-refractivity contribution in [2.75, 3.05) is 18.2 Å². The van der Waals surface area contributed by atoms with E-state index in [4.69, 9.17) is 11.6 Å². The molecule has 1 aliphatic rings. The van der Waals surface area contributed by atoms with Crippen LogP contribution in [0.3, 0.4) is 0 Å². The summed E-state index contributed by atoms with van der Waals surface area (Å²) in [5, 5.41) is 2.69. The number of carbonyl (C=O) groups excluding carboxylic acids is 1. The molecule has 0 heterocycles. The Hall–Kier alpha value is -0.330. The summed E-state index contributed by atoms with van der Waals surface area (Å²) in [5.41, 5.74) is 0. The molecule has 88 valence electrons. The second-order valence-electron chi connectivity index (χ2n) is 3.52. The van der Waals surface area contributed by atoms with Crippen LogP contribution in [-0.4, -0.2) is 38.5 Å². The van der Waals surface area contributed by atoms with Crippen LogP contribution in [0.4, 0.5) is 0 Å². The fraction of sp³-hybridized carbons (Fsp3) is 0.875. The lowest BCUT2D eigenvalue weighted by molar-refractivity contribution is -0.120. The van der Waals surface area contributed by atoms with Gasteiger partial charge in [-0.3, -0.25) is 4.79 Å². The molecule has 0 radical (unpaired) electrons. The summed E-state index contributed by atoms with van der Waals surface area (Å²) in [7, 11) is -3.35. The Kier molecular flexibility index (Phi) is 4.82. The molecule has 1 rings (SSSR count). The van der Waals surface area contributed by atoms with Gasteiger partial charge in [-0.1, -0.05) is 0 Å². The highest BCUT2D eigenvalue weighted by Crippen LogP contribution is 2.18.